The topological polar surface area (TPSA) is 94.7 Å². The van der Waals surface area contributed by atoms with Crippen molar-refractivity contribution in [1.82, 2.24) is 30.3 Å². The highest BCUT2D eigenvalue weighted by Crippen LogP contribution is 2.20. The zero-order valence-corrected chi connectivity index (χ0v) is 23.5. The van der Waals surface area contributed by atoms with E-state index in [9.17, 15) is 0 Å². The number of ether oxygens (including phenoxy) is 1. The molecule has 39 heavy (non-hydrogen) atoms. The number of rotatable bonds is 11. The third kappa shape index (κ3) is 8.08. The Hall–Kier alpha value is -3.34. The average Bonchev–Trinajstić information content (AvgIpc) is 3.42. The molecule has 10 nitrogen and oxygen atoms in total. The first kappa shape index (κ1) is 28.7. The van der Waals surface area contributed by atoms with Gasteiger partial charge >= 0.3 is 0 Å². The van der Waals surface area contributed by atoms with E-state index in [1.807, 2.05) is 31.4 Å². The minimum Gasteiger partial charge on any atom is -0.378 e. The van der Waals surface area contributed by atoms with Gasteiger partial charge in [0.1, 0.15) is 0 Å². The number of nitrogens with one attached hydrogen (secondary N) is 2. The number of likely N-dealkylation sites (tertiary alicyclic amines) is 1. The van der Waals surface area contributed by atoms with Crippen LogP contribution in [0.2, 0.25) is 0 Å². The van der Waals surface area contributed by atoms with Crippen LogP contribution in [0.1, 0.15) is 31.7 Å². The maximum absolute atomic E-state index is 5.71. The van der Waals surface area contributed by atoms with E-state index < -0.39 is 0 Å². The van der Waals surface area contributed by atoms with Gasteiger partial charge in [0, 0.05) is 69.7 Å². The van der Waals surface area contributed by atoms with Crippen LogP contribution < -0.4 is 10.7 Å². The van der Waals surface area contributed by atoms with Crippen LogP contribution in [0.25, 0.3) is 11.3 Å². The highest BCUT2D eigenvalue weighted by atomic mass is 16.5. The second kappa shape index (κ2) is 14.7. The summed E-state index contributed by atoms with van der Waals surface area (Å²) in [4.78, 5) is 13.9. The van der Waals surface area contributed by atoms with Gasteiger partial charge in [0.05, 0.1) is 24.6 Å². The molecule has 4 rings (SSSR count). The number of aliphatic imine (C=N–C) groups is 2. The number of likely N-dealkylation sites (N-methyl/N-ethyl adjacent to an activating group) is 1. The molecule has 2 aliphatic heterocycles. The van der Waals surface area contributed by atoms with Gasteiger partial charge in [-0.25, -0.2) is 4.99 Å². The maximum Gasteiger partial charge on any atom is 0.181 e. The Kier molecular flexibility index (Phi) is 10.8. The van der Waals surface area contributed by atoms with Gasteiger partial charge in [0.25, 0.3) is 0 Å². The van der Waals surface area contributed by atoms with Gasteiger partial charge in [0.2, 0.25) is 0 Å². The number of benzene rings is 1. The lowest BCUT2D eigenvalue weighted by Crippen LogP contribution is -2.51. The van der Waals surface area contributed by atoms with Crippen LogP contribution in [0.15, 0.2) is 63.9 Å². The summed E-state index contributed by atoms with van der Waals surface area (Å²) in [6, 6.07) is 10.6. The second-order valence-corrected chi connectivity index (χ2v) is 9.96. The van der Waals surface area contributed by atoms with Crippen LogP contribution in [0, 0.1) is 0 Å². The molecule has 0 radical (unpaired) electrons. The molecule has 1 atom stereocenters. The molecule has 3 heterocycles. The fraction of sp³-hybridized carbons (Fsp3) is 0.517. The van der Waals surface area contributed by atoms with Crippen molar-refractivity contribution in [2.24, 2.45) is 22.1 Å². The molecule has 2 fully saturated rings. The molecule has 1 unspecified atom stereocenters. The van der Waals surface area contributed by atoms with Gasteiger partial charge in [-0.2, -0.15) is 10.2 Å². The first-order valence-corrected chi connectivity index (χ1v) is 14.0. The van der Waals surface area contributed by atoms with Crippen LogP contribution in [0.5, 0.6) is 0 Å². The molecule has 2 saturated heterocycles. The number of hydrogen-bond donors (Lipinski definition) is 2. The number of piperidine rings is 1. The van der Waals surface area contributed by atoms with E-state index in [0.717, 1.165) is 88.0 Å². The molecule has 0 amide bonds. The predicted molar refractivity (Wildman–Crippen MR) is 159 cm³/mol. The number of morpholine rings is 1. The summed E-state index contributed by atoms with van der Waals surface area (Å²) >= 11 is 0. The Balaban J connectivity index is 1.58. The molecule has 0 bridgehead atoms. The minimum atomic E-state index is 0.365. The summed E-state index contributed by atoms with van der Waals surface area (Å²) in [5, 5.41) is 12.8. The number of nitrogens with zero attached hydrogens (tertiary/aromatic N) is 7. The highest BCUT2D eigenvalue weighted by Gasteiger charge is 2.22. The SMILES string of the molecule is C=NC(=C)C(=N/C(=N\NCCN1CCOCC1CNCC)c1cccc(-c2ccn(C)n2)c1)N1CCCCC1. The van der Waals surface area contributed by atoms with E-state index >= 15 is 0 Å². The van der Waals surface area contributed by atoms with Crippen molar-refractivity contribution in [2.45, 2.75) is 32.2 Å². The Labute approximate surface area is 232 Å². The van der Waals surface area contributed by atoms with Gasteiger partial charge in [-0.15, -0.1) is 0 Å². The standard InChI is InChI=1S/C29H43N9O/c1-5-31-21-26-22-39-19-18-37(26)17-13-32-34-28(33-29(23(2)30-3)38-14-7-6-8-15-38)25-11-9-10-24(20-25)27-12-16-36(4)35-27/h9-12,16,20,26,31-32H,2-3,5-8,13-15,17-19,21-22H2,1,4H3/b33-29?,34-28-. The third-order valence-electron chi connectivity index (χ3n) is 7.12. The Morgan fingerprint density at radius 3 is 2.77 bits per heavy atom. The van der Waals surface area contributed by atoms with Gasteiger partial charge in [-0.05, 0) is 44.7 Å². The molecular weight excluding hydrogens is 490 g/mol. The molecule has 10 heteroatoms. The van der Waals surface area contributed by atoms with Crippen molar-refractivity contribution in [2.75, 3.05) is 59.0 Å². The van der Waals surface area contributed by atoms with Crippen LogP contribution >= 0.6 is 0 Å². The lowest BCUT2D eigenvalue weighted by molar-refractivity contribution is -0.00587. The first-order chi connectivity index (χ1) is 19.1. The van der Waals surface area contributed by atoms with Crippen molar-refractivity contribution in [3.8, 4) is 11.3 Å². The average molecular weight is 534 g/mol. The van der Waals surface area contributed by atoms with Crippen molar-refractivity contribution < 1.29 is 4.74 Å². The number of hydrazone groups is 1. The number of aromatic nitrogens is 2. The fourth-order valence-electron chi connectivity index (χ4n) is 4.94. The molecule has 0 spiro atoms. The van der Waals surface area contributed by atoms with Gasteiger partial charge in [-0.1, -0.05) is 31.7 Å². The van der Waals surface area contributed by atoms with Gasteiger partial charge in [-0.3, -0.25) is 14.6 Å². The number of hydrogen-bond acceptors (Lipinski definition) is 7. The first-order valence-electron chi connectivity index (χ1n) is 14.0. The van der Waals surface area contributed by atoms with Crippen LogP contribution in [-0.4, -0.2) is 103 Å². The summed E-state index contributed by atoms with van der Waals surface area (Å²) in [5.74, 6) is 1.32. The van der Waals surface area contributed by atoms with Gasteiger partial charge in [0.15, 0.2) is 11.7 Å². The van der Waals surface area contributed by atoms with Crippen LogP contribution in [0.4, 0.5) is 0 Å². The number of amidine groups is 2. The monoisotopic (exact) mass is 533 g/mol. The summed E-state index contributed by atoms with van der Waals surface area (Å²) in [5.41, 5.74) is 6.67. The van der Waals surface area contributed by atoms with Gasteiger partial charge < -0.3 is 20.4 Å². The second-order valence-electron chi connectivity index (χ2n) is 9.96. The lowest BCUT2D eigenvalue weighted by atomic mass is 10.1. The molecule has 210 valence electrons. The van der Waals surface area contributed by atoms with E-state index in [0.29, 0.717) is 24.1 Å². The van der Waals surface area contributed by atoms with E-state index in [1.165, 1.54) is 6.42 Å². The minimum absolute atomic E-state index is 0.365. The normalized spacial score (nSPS) is 19.2. The zero-order valence-electron chi connectivity index (χ0n) is 23.5. The number of aryl methyl sites for hydroxylation is 1. The molecule has 2 aromatic rings. The van der Waals surface area contributed by atoms with Crippen LogP contribution in [-0.2, 0) is 11.8 Å². The van der Waals surface area contributed by atoms with Crippen molar-refractivity contribution >= 4 is 18.4 Å². The maximum atomic E-state index is 5.71. The Bertz CT molecular complexity index is 1150. The highest BCUT2D eigenvalue weighted by molar-refractivity contribution is 6.11. The quantitative estimate of drug-likeness (QED) is 0.200. The largest absolute Gasteiger partial charge is 0.378 e. The summed E-state index contributed by atoms with van der Waals surface area (Å²) in [7, 11) is 1.92. The smallest absolute Gasteiger partial charge is 0.181 e. The van der Waals surface area contributed by atoms with Crippen molar-refractivity contribution in [3.05, 3.63) is 54.4 Å². The molecule has 1 aromatic heterocycles. The molecule has 2 N–H and O–H groups in total. The predicted octanol–water partition coefficient (Wildman–Crippen LogP) is 2.75. The fourth-order valence-corrected chi connectivity index (χ4v) is 4.94. The molecule has 2 aliphatic rings. The lowest BCUT2D eigenvalue weighted by Gasteiger charge is -2.35. The van der Waals surface area contributed by atoms with Crippen molar-refractivity contribution in [1.29, 1.82) is 0 Å². The molecular formula is C29H43N9O. The van der Waals surface area contributed by atoms with Crippen molar-refractivity contribution in [3.63, 3.8) is 0 Å². The summed E-state index contributed by atoms with van der Waals surface area (Å²) in [6.07, 6.45) is 5.41. The third-order valence-corrected chi connectivity index (χ3v) is 7.12. The van der Waals surface area contributed by atoms with E-state index in [-0.39, 0.29) is 0 Å². The summed E-state index contributed by atoms with van der Waals surface area (Å²) in [6.45, 7) is 17.7. The van der Waals surface area contributed by atoms with E-state index in [2.05, 4.69) is 63.0 Å². The Morgan fingerprint density at radius 1 is 1.18 bits per heavy atom. The summed E-state index contributed by atoms with van der Waals surface area (Å²) < 4.78 is 7.52. The molecule has 0 saturated carbocycles. The molecule has 1 aromatic carbocycles. The van der Waals surface area contributed by atoms with E-state index in [1.54, 1.807) is 4.68 Å². The van der Waals surface area contributed by atoms with Crippen LogP contribution in [0.3, 0.4) is 0 Å². The van der Waals surface area contributed by atoms with E-state index in [4.69, 9.17) is 14.8 Å². The zero-order chi connectivity index (χ0) is 27.5. The molecule has 0 aliphatic carbocycles. The Morgan fingerprint density at radius 2 is 2.03 bits per heavy atom.